The molecule has 2 aromatic carbocycles. The highest BCUT2D eigenvalue weighted by atomic mass is 35.5. The number of hydrogen-bond acceptors (Lipinski definition) is 3. The van der Waals surface area contributed by atoms with Crippen LogP contribution in [-0.2, 0) is 16.6 Å². The number of aromatic nitrogens is 2. The molecule has 0 unspecified atom stereocenters. The van der Waals surface area contributed by atoms with Crippen LogP contribution in [0.3, 0.4) is 0 Å². The average Bonchev–Trinajstić information content (AvgIpc) is 2.89. The van der Waals surface area contributed by atoms with Gasteiger partial charge in [-0.1, -0.05) is 40.9 Å². The van der Waals surface area contributed by atoms with Crippen LogP contribution in [0.4, 0.5) is 14.6 Å². The van der Waals surface area contributed by atoms with Gasteiger partial charge < -0.3 is 0 Å². The minimum Gasteiger partial charge on any atom is -0.265 e. The van der Waals surface area contributed by atoms with Crippen molar-refractivity contribution in [2.75, 3.05) is 4.72 Å². The number of anilines is 1. The number of halogens is 5. The lowest BCUT2D eigenvalue weighted by Gasteiger charge is -2.07. The van der Waals surface area contributed by atoms with Crippen LogP contribution in [0.5, 0.6) is 0 Å². The van der Waals surface area contributed by atoms with Gasteiger partial charge >= 0.3 is 0 Å². The minimum absolute atomic E-state index is 0.00107. The zero-order chi connectivity index (χ0) is 19.8. The SMILES string of the molecule is O=S(=O)(Nc1nn(Cc2ccc(Cl)c(Cl)c2)cc1Cl)c1ccc(F)cc1F. The number of nitrogens with one attached hydrogen (secondary N) is 1. The maximum Gasteiger partial charge on any atom is 0.266 e. The van der Waals surface area contributed by atoms with E-state index in [2.05, 4.69) is 9.82 Å². The summed E-state index contributed by atoms with van der Waals surface area (Å²) < 4.78 is 54.9. The Labute approximate surface area is 168 Å². The molecule has 142 valence electrons. The van der Waals surface area contributed by atoms with Crippen LogP contribution < -0.4 is 4.72 Å². The van der Waals surface area contributed by atoms with Crippen LogP contribution in [0.25, 0.3) is 0 Å². The number of nitrogens with zero attached hydrogens (tertiary/aromatic N) is 2. The fourth-order valence-corrected chi connectivity index (χ4v) is 3.90. The quantitative estimate of drug-likeness (QED) is 0.594. The highest BCUT2D eigenvalue weighted by Gasteiger charge is 2.22. The standard InChI is InChI=1S/C16H10Cl3F2N3O2S/c17-11-3-1-9(5-12(11)18)7-24-8-13(19)16(22-24)23-27(25,26)15-4-2-10(20)6-14(15)21/h1-6,8H,7H2,(H,22,23). The predicted octanol–water partition coefficient (Wildman–Crippen LogP) is 4.97. The molecular formula is C16H10Cl3F2N3O2S. The largest absolute Gasteiger partial charge is 0.266 e. The monoisotopic (exact) mass is 451 g/mol. The normalized spacial score (nSPS) is 11.6. The fraction of sp³-hybridized carbons (Fsp3) is 0.0625. The molecule has 3 rings (SSSR count). The Kier molecular flexibility index (Phi) is 5.62. The third kappa shape index (κ3) is 4.52. The van der Waals surface area contributed by atoms with Crippen molar-refractivity contribution in [3.05, 3.63) is 74.9 Å². The number of rotatable bonds is 5. The van der Waals surface area contributed by atoms with Crippen molar-refractivity contribution in [2.45, 2.75) is 11.4 Å². The molecule has 0 aliphatic heterocycles. The van der Waals surface area contributed by atoms with Crippen molar-refractivity contribution in [3.63, 3.8) is 0 Å². The van der Waals surface area contributed by atoms with Crippen molar-refractivity contribution in [2.24, 2.45) is 0 Å². The van der Waals surface area contributed by atoms with Crippen LogP contribution in [0.15, 0.2) is 47.5 Å². The van der Waals surface area contributed by atoms with E-state index in [-0.39, 0.29) is 17.4 Å². The molecule has 0 saturated heterocycles. The van der Waals surface area contributed by atoms with E-state index in [9.17, 15) is 17.2 Å². The van der Waals surface area contributed by atoms with Crippen molar-refractivity contribution in [3.8, 4) is 0 Å². The first-order valence-electron chi connectivity index (χ1n) is 7.30. The molecule has 0 saturated carbocycles. The second-order valence-electron chi connectivity index (χ2n) is 5.45. The van der Waals surface area contributed by atoms with E-state index in [0.29, 0.717) is 16.1 Å². The Morgan fingerprint density at radius 1 is 1.00 bits per heavy atom. The van der Waals surface area contributed by atoms with Gasteiger partial charge in [0.05, 0.1) is 16.6 Å². The first-order valence-corrected chi connectivity index (χ1v) is 9.92. The van der Waals surface area contributed by atoms with Crippen LogP contribution in [0.2, 0.25) is 15.1 Å². The van der Waals surface area contributed by atoms with Gasteiger partial charge in [0, 0.05) is 12.3 Å². The number of sulfonamides is 1. The molecule has 0 spiro atoms. The van der Waals surface area contributed by atoms with Crippen molar-refractivity contribution >= 4 is 50.6 Å². The summed E-state index contributed by atoms with van der Waals surface area (Å²) in [6.45, 7) is 0.239. The summed E-state index contributed by atoms with van der Waals surface area (Å²) in [5, 5.41) is 4.80. The summed E-state index contributed by atoms with van der Waals surface area (Å²) >= 11 is 17.8. The van der Waals surface area contributed by atoms with Gasteiger partial charge in [-0.3, -0.25) is 9.40 Å². The molecule has 5 nitrogen and oxygen atoms in total. The third-order valence-electron chi connectivity index (χ3n) is 3.46. The summed E-state index contributed by atoms with van der Waals surface area (Å²) in [5.41, 5.74) is 0.752. The maximum atomic E-state index is 13.8. The van der Waals surface area contributed by atoms with E-state index in [1.54, 1.807) is 18.2 Å². The summed E-state index contributed by atoms with van der Waals surface area (Å²) in [5.74, 6) is -2.32. The van der Waals surface area contributed by atoms with Crippen LogP contribution in [0.1, 0.15) is 5.56 Å². The molecule has 0 amide bonds. The number of benzene rings is 2. The second kappa shape index (κ2) is 7.63. The Bertz CT molecular complexity index is 1120. The number of hydrogen-bond donors (Lipinski definition) is 1. The van der Waals surface area contributed by atoms with Crippen molar-refractivity contribution in [1.29, 1.82) is 0 Å². The van der Waals surface area contributed by atoms with Crippen LogP contribution in [-0.4, -0.2) is 18.2 Å². The lowest BCUT2D eigenvalue weighted by Crippen LogP contribution is -2.15. The van der Waals surface area contributed by atoms with E-state index < -0.39 is 26.6 Å². The van der Waals surface area contributed by atoms with Gasteiger partial charge in [-0.25, -0.2) is 17.2 Å². The zero-order valence-corrected chi connectivity index (χ0v) is 16.3. The molecule has 0 radical (unpaired) electrons. The van der Waals surface area contributed by atoms with Gasteiger partial charge in [0.2, 0.25) is 0 Å². The Morgan fingerprint density at radius 3 is 2.41 bits per heavy atom. The molecule has 0 aliphatic rings. The van der Waals surface area contributed by atoms with Crippen molar-refractivity contribution < 1.29 is 17.2 Å². The van der Waals surface area contributed by atoms with E-state index >= 15 is 0 Å². The smallest absolute Gasteiger partial charge is 0.265 e. The van der Waals surface area contributed by atoms with Gasteiger partial charge in [0.15, 0.2) is 5.82 Å². The highest BCUT2D eigenvalue weighted by molar-refractivity contribution is 7.92. The van der Waals surface area contributed by atoms with Crippen LogP contribution >= 0.6 is 34.8 Å². The van der Waals surface area contributed by atoms with E-state index in [4.69, 9.17) is 34.8 Å². The van der Waals surface area contributed by atoms with E-state index in [1.807, 2.05) is 0 Å². The lowest BCUT2D eigenvalue weighted by atomic mass is 10.2. The molecule has 1 heterocycles. The molecule has 0 atom stereocenters. The first kappa shape index (κ1) is 19.9. The molecule has 0 fully saturated rings. The summed E-state index contributed by atoms with van der Waals surface area (Å²) in [7, 11) is -4.35. The molecular weight excluding hydrogens is 443 g/mol. The van der Waals surface area contributed by atoms with Crippen LogP contribution in [0, 0.1) is 11.6 Å². The van der Waals surface area contributed by atoms with Gasteiger partial charge in [-0.15, -0.1) is 0 Å². The van der Waals surface area contributed by atoms with Gasteiger partial charge in [-0.2, -0.15) is 5.10 Å². The van der Waals surface area contributed by atoms with Gasteiger partial charge in [0.1, 0.15) is 21.6 Å². The molecule has 1 aromatic heterocycles. The summed E-state index contributed by atoms with van der Waals surface area (Å²) in [4.78, 5) is -0.723. The fourth-order valence-electron chi connectivity index (χ4n) is 2.25. The van der Waals surface area contributed by atoms with Gasteiger partial charge in [-0.05, 0) is 29.8 Å². The summed E-state index contributed by atoms with van der Waals surface area (Å²) in [6, 6.07) is 7.10. The highest BCUT2D eigenvalue weighted by Crippen LogP contribution is 2.26. The Hall–Kier alpha value is -1.87. The Balaban J connectivity index is 1.84. The van der Waals surface area contributed by atoms with E-state index in [1.165, 1.54) is 10.9 Å². The Morgan fingerprint density at radius 2 is 1.74 bits per heavy atom. The molecule has 27 heavy (non-hydrogen) atoms. The second-order valence-corrected chi connectivity index (χ2v) is 8.32. The predicted molar refractivity (Wildman–Crippen MR) is 100.0 cm³/mol. The summed E-state index contributed by atoms with van der Waals surface area (Å²) in [6.07, 6.45) is 1.39. The third-order valence-corrected chi connectivity index (χ3v) is 5.85. The molecule has 0 aliphatic carbocycles. The zero-order valence-electron chi connectivity index (χ0n) is 13.3. The topological polar surface area (TPSA) is 64.0 Å². The van der Waals surface area contributed by atoms with Crippen molar-refractivity contribution in [1.82, 2.24) is 9.78 Å². The van der Waals surface area contributed by atoms with E-state index in [0.717, 1.165) is 17.7 Å². The molecule has 3 aromatic rings. The molecule has 1 N–H and O–H groups in total. The first-order chi connectivity index (χ1) is 12.7. The average molecular weight is 453 g/mol. The van der Waals surface area contributed by atoms with Gasteiger partial charge in [0.25, 0.3) is 10.0 Å². The maximum absolute atomic E-state index is 13.8. The lowest BCUT2D eigenvalue weighted by molar-refractivity contribution is 0.551. The molecule has 11 heteroatoms. The minimum atomic E-state index is -4.35. The molecule has 0 bridgehead atoms.